The molecule has 110 valence electrons. The number of nitrogens with two attached hydrogens (primary N) is 1. The highest BCUT2D eigenvalue weighted by atomic mass is 79.9. The maximum Gasteiger partial charge on any atom is 0.258 e. The Morgan fingerprint density at radius 1 is 1.55 bits per heavy atom. The van der Waals surface area contributed by atoms with Gasteiger partial charge in [0.15, 0.2) is 5.82 Å². The number of carbonyl (C=O) groups excluding carboxylic acids is 1. The molecule has 0 aromatic carbocycles. The van der Waals surface area contributed by atoms with Crippen LogP contribution in [0, 0.1) is 0 Å². The van der Waals surface area contributed by atoms with E-state index in [1.807, 2.05) is 0 Å². The highest BCUT2D eigenvalue weighted by Gasteiger charge is 2.28. The van der Waals surface area contributed by atoms with Crippen molar-refractivity contribution < 1.29 is 9.90 Å². The summed E-state index contributed by atoms with van der Waals surface area (Å²) in [4.78, 5) is 18.5. The number of carbonyl (C=O) groups is 1. The van der Waals surface area contributed by atoms with Crippen LogP contribution in [0.5, 0.6) is 0 Å². The summed E-state index contributed by atoms with van der Waals surface area (Å²) >= 11 is 3.31. The molecule has 20 heavy (non-hydrogen) atoms. The van der Waals surface area contributed by atoms with E-state index in [0.717, 1.165) is 30.2 Å². The number of hydrogen-bond donors (Lipinski definition) is 3. The van der Waals surface area contributed by atoms with E-state index in [1.54, 1.807) is 17.2 Å². The lowest BCUT2D eigenvalue weighted by Gasteiger charge is -2.29. The van der Waals surface area contributed by atoms with Gasteiger partial charge in [-0.05, 0) is 34.8 Å². The summed E-state index contributed by atoms with van der Waals surface area (Å²) in [6.07, 6.45) is 5.80. The highest BCUT2D eigenvalue weighted by Crippen LogP contribution is 2.26. The fourth-order valence-electron chi connectivity index (χ4n) is 2.65. The average Bonchev–Trinajstić information content (AvgIpc) is 2.98. The van der Waals surface area contributed by atoms with Crippen molar-refractivity contribution in [3.05, 3.63) is 22.3 Å². The molecule has 2 rings (SSSR count). The van der Waals surface area contributed by atoms with E-state index in [0.29, 0.717) is 17.9 Å². The van der Waals surface area contributed by atoms with Crippen LogP contribution in [0.25, 0.3) is 0 Å². The molecule has 1 aliphatic carbocycles. The first-order valence-corrected chi connectivity index (χ1v) is 7.50. The van der Waals surface area contributed by atoms with Crippen LogP contribution in [-0.4, -0.2) is 40.1 Å². The predicted octanol–water partition coefficient (Wildman–Crippen LogP) is 1.51. The number of pyridine rings is 1. The maximum absolute atomic E-state index is 12.7. The molecule has 1 aromatic rings. The van der Waals surface area contributed by atoms with E-state index in [1.165, 1.54) is 0 Å². The van der Waals surface area contributed by atoms with Crippen LogP contribution in [-0.2, 0) is 0 Å². The van der Waals surface area contributed by atoms with Gasteiger partial charge in [0.2, 0.25) is 0 Å². The molecule has 0 radical (unpaired) electrons. The molecule has 1 fully saturated rings. The molecule has 0 saturated heterocycles. The molecule has 1 amide bonds. The van der Waals surface area contributed by atoms with Crippen molar-refractivity contribution in [1.29, 1.82) is 0 Å². The van der Waals surface area contributed by atoms with Crippen molar-refractivity contribution in [1.82, 2.24) is 9.88 Å². The van der Waals surface area contributed by atoms with E-state index < -0.39 is 0 Å². The third kappa shape index (κ3) is 3.28. The van der Waals surface area contributed by atoms with Crippen LogP contribution in [0.3, 0.4) is 0 Å². The monoisotopic (exact) mass is 342 g/mol. The van der Waals surface area contributed by atoms with Crippen LogP contribution in [0.2, 0.25) is 0 Å². The first kappa shape index (κ1) is 15.2. The number of amides is 1. The Balaban J connectivity index is 2.28. The van der Waals surface area contributed by atoms with Gasteiger partial charge in [-0.2, -0.15) is 0 Å². The smallest absolute Gasteiger partial charge is 0.258 e. The Bertz CT molecular complexity index is 477. The van der Waals surface area contributed by atoms with E-state index in [2.05, 4.69) is 26.3 Å². The van der Waals surface area contributed by atoms with Crippen molar-refractivity contribution in [3.8, 4) is 0 Å². The number of hydrogen-bond acceptors (Lipinski definition) is 5. The molecule has 4 N–H and O–H groups in total. The number of nitrogen functional groups attached to an aromatic ring is 1. The summed E-state index contributed by atoms with van der Waals surface area (Å²) in [5, 5.41) is 9.21. The molecule has 7 heteroatoms. The molecule has 1 aromatic heterocycles. The number of halogens is 1. The number of nitrogens with zero attached hydrogens (tertiary/aromatic N) is 2. The zero-order valence-electron chi connectivity index (χ0n) is 11.2. The van der Waals surface area contributed by atoms with Crippen LogP contribution in [0.15, 0.2) is 16.7 Å². The van der Waals surface area contributed by atoms with Gasteiger partial charge in [-0.15, -0.1) is 0 Å². The SMILES string of the molecule is NNc1ncc(Br)cc1C(=O)N(CCO)C1CCCC1. The fraction of sp³-hybridized carbons (Fsp3) is 0.538. The molecular formula is C13H19BrN4O2. The second-order valence-electron chi connectivity index (χ2n) is 4.85. The molecule has 1 heterocycles. The van der Waals surface area contributed by atoms with Crippen LogP contribution < -0.4 is 11.3 Å². The van der Waals surface area contributed by atoms with E-state index >= 15 is 0 Å². The normalized spacial score (nSPS) is 15.3. The first-order chi connectivity index (χ1) is 9.67. The van der Waals surface area contributed by atoms with E-state index in [-0.39, 0.29) is 18.6 Å². The van der Waals surface area contributed by atoms with Gasteiger partial charge in [-0.25, -0.2) is 10.8 Å². The van der Waals surface area contributed by atoms with Crippen molar-refractivity contribution >= 4 is 27.7 Å². The van der Waals surface area contributed by atoms with Gasteiger partial charge in [-0.1, -0.05) is 12.8 Å². The first-order valence-electron chi connectivity index (χ1n) is 6.71. The van der Waals surface area contributed by atoms with E-state index in [9.17, 15) is 9.90 Å². The Morgan fingerprint density at radius 2 is 2.25 bits per heavy atom. The lowest BCUT2D eigenvalue weighted by Crippen LogP contribution is -2.41. The summed E-state index contributed by atoms with van der Waals surface area (Å²) in [7, 11) is 0. The largest absolute Gasteiger partial charge is 0.395 e. The molecule has 1 aliphatic rings. The van der Waals surface area contributed by atoms with Gasteiger partial charge in [0.1, 0.15) is 0 Å². The summed E-state index contributed by atoms with van der Waals surface area (Å²) < 4.78 is 0.718. The van der Waals surface area contributed by atoms with E-state index in [4.69, 9.17) is 5.84 Å². The number of aliphatic hydroxyl groups excluding tert-OH is 1. The van der Waals surface area contributed by atoms with Crippen molar-refractivity contribution in [2.75, 3.05) is 18.6 Å². The van der Waals surface area contributed by atoms with Crippen LogP contribution in [0.4, 0.5) is 5.82 Å². The molecule has 0 aliphatic heterocycles. The number of aromatic nitrogens is 1. The van der Waals surface area contributed by atoms with Gasteiger partial charge in [0.05, 0.1) is 12.2 Å². The minimum absolute atomic E-state index is 0.0466. The standard InChI is InChI=1S/C13H19BrN4O2/c14-9-7-11(12(17-15)16-8-9)13(20)18(5-6-19)10-3-1-2-4-10/h7-8,10,19H,1-6,15H2,(H,16,17). The average molecular weight is 343 g/mol. The molecule has 1 saturated carbocycles. The highest BCUT2D eigenvalue weighted by molar-refractivity contribution is 9.10. The predicted molar refractivity (Wildman–Crippen MR) is 80.1 cm³/mol. The number of hydrazine groups is 1. The number of anilines is 1. The zero-order chi connectivity index (χ0) is 14.5. The Morgan fingerprint density at radius 3 is 2.85 bits per heavy atom. The molecule has 0 spiro atoms. The molecule has 0 bridgehead atoms. The summed E-state index contributed by atoms with van der Waals surface area (Å²) in [6.45, 7) is 0.287. The second kappa shape index (κ2) is 7.01. The number of rotatable bonds is 5. The van der Waals surface area contributed by atoms with Gasteiger partial charge in [-0.3, -0.25) is 4.79 Å². The quantitative estimate of drug-likeness (QED) is 0.557. The second-order valence-corrected chi connectivity index (χ2v) is 5.77. The summed E-state index contributed by atoms with van der Waals surface area (Å²) in [6, 6.07) is 1.89. The molecule has 6 nitrogen and oxygen atoms in total. The number of nitrogens with one attached hydrogen (secondary N) is 1. The third-order valence-electron chi connectivity index (χ3n) is 3.59. The Kier molecular flexibility index (Phi) is 5.33. The minimum atomic E-state index is -0.146. The molecular weight excluding hydrogens is 324 g/mol. The number of aliphatic hydroxyl groups is 1. The molecule has 0 unspecified atom stereocenters. The zero-order valence-corrected chi connectivity index (χ0v) is 12.8. The van der Waals surface area contributed by atoms with Crippen LogP contribution >= 0.6 is 15.9 Å². The van der Waals surface area contributed by atoms with Gasteiger partial charge >= 0.3 is 0 Å². The van der Waals surface area contributed by atoms with Crippen molar-refractivity contribution in [2.24, 2.45) is 5.84 Å². The summed E-state index contributed by atoms with van der Waals surface area (Å²) in [5.74, 6) is 5.62. The maximum atomic E-state index is 12.7. The van der Waals surface area contributed by atoms with Crippen LogP contribution in [0.1, 0.15) is 36.0 Å². The van der Waals surface area contributed by atoms with Gasteiger partial charge < -0.3 is 15.4 Å². The Hall–Kier alpha value is -1.18. The van der Waals surface area contributed by atoms with Gasteiger partial charge in [0, 0.05) is 23.3 Å². The van der Waals surface area contributed by atoms with Gasteiger partial charge in [0.25, 0.3) is 5.91 Å². The lowest BCUT2D eigenvalue weighted by molar-refractivity contribution is 0.0638. The summed E-state index contributed by atoms with van der Waals surface area (Å²) in [5.41, 5.74) is 2.87. The Labute approximate surface area is 126 Å². The van der Waals surface area contributed by atoms with Crippen molar-refractivity contribution in [3.63, 3.8) is 0 Å². The topological polar surface area (TPSA) is 91.5 Å². The molecule has 0 atom stereocenters. The third-order valence-corrected chi connectivity index (χ3v) is 4.02. The lowest BCUT2D eigenvalue weighted by atomic mass is 10.1. The minimum Gasteiger partial charge on any atom is -0.395 e. The fourth-order valence-corrected chi connectivity index (χ4v) is 2.98. The van der Waals surface area contributed by atoms with Crippen molar-refractivity contribution in [2.45, 2.75) is 31.7 Å².